The summed E-state index contributed by atoms with van der Waals surface area (Å²) in [6.07, 6.45) is 1.60. The molecule has 0 saturated heterocycles. The maximum atomic E-state index is 13.7. The fraction of sp³-hybridized carbons (Fsp3) is 0.300. The Kier molecular flexibility index (Phi) is 7.22. The Morgan fingerprint density at radius 2 is 2.07 bits per heavy atom. The number of fused-ring (bicyclic) bond motifs is 1. The number of nitrogens with one attached hydrogen (secondary N) is 1. The Morgan fingerprint density at radius 3 is 2.73 bits per heavy atom. The molecule has 10 heteroatoms. The summed E-state index contributed by atoms with van der Waals surface area (Å²) in [4.78, 5) is 36.4. The van der Waals surface area contributed by atoms with Crippen LogP contribution in [0.2, 0.25) is 0 Å². The van der Waals surface area contributed by atoms with Crippen LogP contribution in [0.25, 0.3) is 10.3 Å². The number of benzene rings is 1. The van der Waals surface area contributed by atoms with Gasteiger partial charge in [-0.15, -0.1) is 6.58 Å². The smallest absolute Gasteiger partial charge is 0.274 e. The van der Waals surface area contributed by atoms with Gasteiger partial charge in [0.2, 0.25) is 5.91 Å². The number of carbonyl (C=O) groups excluding carboxylic acids is 1. The topological polar surface area (TPSA) is 80.1 Å². The number of hydrogen-bond donors (Lipinski definition) is 1. The van der Waals surface area contributed by atoms with Gasteiger partial charge in [-0.1, -0.05) is 41.3 Å². The second-order valence-electron chi connectivity index (χ2n) is 6.24. The van der Waals surface area contributed by atoms with Gasteiger partial charge in [-0.25, -0.2) is 9.37 Å². The molecule has 0 fully saturated rings. The van der Waals surface area contributed by atoms with Gasteiger partial charge in [0.05, 0.1) is 11.4 Å². The van der Waals surface area contributed by atoms with Gasteiger partial charge in [-0.05, 0) is 26.0 Å². The summed E-state index contributed by atoms with van der Waals surface area (Å²) < 4.78 is 15.7. The lowest BCUT2D eigenvalue weighted by Crippen LogP contribution is -2.23. The van der Waals surface area contributed by atoms with Crippen LogP contribution in [0, 0.1) is 5.82 Å². The van der Waals surface area contributed by atoms with Crippen molar-refractivity contribution < 1.29 is 9.18 Å². The third-order valence-electron chi connectivity index (χ3n) is 4.30. The predicted octanol–water partition coefficient (Wildman–Crippen LogP) is 3.76. The first-order valence-corrected chi connectivity index (χ1v) is 11.2. The summed E-state index contributed by atoms with van der Waals surface area (Å²) in [6, 6.07) is 5.95. The number of thiazole rings is 1. The third kappa shape index (κ3) is 4.71. The van der Waals surface area contributed by atoms with Crippen molar-refractivity contribution in [1.29, 1.82) is 0 Å². The van der Waals surface area contributed by atoms with Gasteiger partial charge >= 0.3 is 0 Å². The van der Waals surface area contributed by atoms with Crippen molar-refractivity contribution in [2.24, 2.45) is 0 Å². The molecule has 0 unspecified atom stereocenters. The van der Waals surface area contributed by atoms with Crippen LogP contribution < -0.4 is 15.8 Å². The molecular weight excluding hydrogens is 425 g/mol. The average molecular weight is 448 g/mol. The van der Waals surface area contributed by atoms with E-state index in [1.165, 1.54) is 28.0 Å². The quantitative estimate of drug-likeness (QED) is 0.306. The van der Waals surface area contributed by atoms with Crippen molar-refractivity contribution in [3.05, 3.63) is 53.1 Å². The van der Waals surface area contributed by atoms with Gasteiger partial charge < -0.3 is 10.2 Å². The molecule has 1 N–H and O–H groups in total. The molecule has 0 atom stereocenters. The van der Waals surface area contributed by atoms with E-state index in [1.807, 2.05) is 13.8 Å². The van der Waals surface area contributed by atoms with E-state index in [4.69, 9.17) is 0 Å². The van der Waals surface area contributed by atoms with Crippen LogP contribution >= 0.6 is 23.1 Å². The third-order valence-corrected chi connectivity index (χ3v) is 6.37. The van der Waals surface area contributed by atoms with Crippen molar-refractivity contribution in [3.63, 3.8) is 0 Å². The summed E-state index contributed by atoms with van der Waals surface area (Å²) in [6.45, 7) is 9.55. The highest BCUT2D eigenvalue weighted by Gasteiger charge is 2.18. The van der Waals surface area contributed by atoms with Crippen molar-refractivity contribution in [2.45, 2.75) is 25.5 Å². The molecule has 2 heterocycles. The van der Waals surface area contributed by atoms with Gasteiger partial charge in [-0.3, -0.25) is 14.2 Å². The van der Waals surface area contributed by atoms with Crippen molar-refractivity contribution >= 4 is 50.2 Å². The van der Waals surface area contributed by atoms with Crippen LogP contribution in [-0.2, 0) is 11.3 Å². The summed E-state index contributed by atoms with van der Waals surface area (Å²) in [5.74, 6) is -0.937. The molecule has 0 aliphatic heterocycles. The molecule has 2 aromatic heterocycles. The van der Waals surface area contributed by atoms with E-state index in [-0.39, 0.29) is 23.5 Å². The molecule has 0 saturated carbocycles. The van der Waals surface area contributed by atoms with Crippen molar-refractivity contribution in [2.75, 3.05) is 29.1 Å². The second kappa shape index (κ2) is 9.86. The number of para-hydroxylation sites is 1. The molecule has 0 spiro atoms. The van der Waals surface area contributed by atoms with E-state index in [2.05, 4.69) is 26.8 Å². The summed E-state index contributed by atoms with van der Waals surface area (Å²) >= 11 is 2.41. The molecule has 0 aliphatic rings. The minimum atomic E-state index is -0.509. The number of thioether (sulfide) groups is 1. The SMILES string of the molecule is C=CCn1c(SCC(=O)Nc2ccccc2F)nc2nc(N(CC)CC)sc2c1=O. The van der Waals surface area contributed by atoms with Crippen LogP contribution in [-0.4, -0.2) is 39.3 Å². The van der Waals surface area contributed by atoms with Crippen LogP contribution in [0.5, 0.6) is 0 Å². The maximum Gasteiger partial charge on any atom is 0.274 e. The van der Waals surface area contributed by atoms with Crippen LogP contribution in [0.3, 0.4) is 0 Å². The minimum Gasteiger partial charge on any atom is -0.349 e. The second-order valence-corrected chi connectivity index (χ2v) is 8.16. The number of rotatable bonds is 9. The molecule has 1 aromatic carbocycles. The molecule has 3 rings (SSSR count). The molecule has 158 valence electrons. The Hall–Kier alpha value is -2.72. The first-order chi connectivity index (χ1) is 14.5. The first kappa shape index (κ1) is 22.0. The van der Waals surface area contributed by atoms with Gasteiger partial charge in [0.1, 0.15) is 10.5 Å². The minimum absolute atomic E-state index is 0.0313. The van der Waals surface area contributed by atoms with Crippen LogP contribution in [0.15, 0.2) is 46.9 Å². The highest BCUT2D eigenvalue weighted by Crippen LogP contribution is 2.27. The number of anilines is 2. The van der Waals surface area contributed by atoms with E-state index >= 15 is 0 Å². The molecule has 0 bridgehead atoms. The van der Waals surface area contributed by atoms with Crippen LogP contribution in [0.4, 0.5) is 15.2 Å². The van der Waals surface area contributed by atoms with Gasteiger partial charge in [0, 0.05) is 19.6 Å². The largest absolute Gasteiger partial charge is 0.349 e. The zero-order chi connectivity index (χ0) is 21.7. The summed E-state index contributed by atoms with van der Waals surface area (Å²) in [7, 11) is 0. The van der Waals surface area contributed by atoms with E-state index in [1.54, 1.807) is 18.2 Å². The van der Waals surface area contributed by atoms with Crippen molar-refractivity contribution in [3.8, 4) is 0 Å². The van der Waals surface area contributed by atoms with Crippen molar-refractivity contribution in [1.82, 2.24) is 14.5 Å². The Labute approximate surface area is 181 Å². The zero-order valence-corrected chi connectivity index (χ0v) is 18.4. The van der Waals surface area contributed by atoms with E-state index in [0.717, 1.165) is 30.0 Å². The lowest BCUT2D eigenvalue weighted by molar-refractivity contribution is -0.113. The number of hydrogen-bond acceptors (Lipinski definition) is 7. The molecule has 0 aliphatic carbocycles. The Bertz CT molecular complexity index is 1120. The monoisotopic (exact) mass is 447 g/mol. The molecule has 30 heavy (non-hydrogen) atoms. The summed E-state index contributed by atoms with van der Waals surface area (Å²) in [5.41, 5.74) is 0.260. The first-order valence-electron chi connectivity index (χ1n) is 9.42. The van der Waals surface area contributed by atoms with Crippen LogP contribution in [0.1, 0.15) is 13.8 Å². The highest BCUT2D eigenvalue weighted by atomic mass is 32.2. The molecule has 0 radical (unpaired) electrons. The number of amides is 1. The number of nitrogens with zero attached hydrogens (tertiary/aromatic N) is 4. The fourth-order valence-corrected chi connectivity index (χ4v) is 4.66. The van der Waals surface area contributed by atoms with Gasteiger partial charge in [0.15, 0.2) is 15.9 Å². The normalized spacial score (nSPS) is 10.9. The lowest BCUT2D eigenvalue weighted by atomic mass is 10.3. The zero-order valence-electron chi connectivity index (χ0n) is 16.7. The molecular formula is C20H22FN5O2S2. The molecule has 3 aromatic rings. The predicted molar refractivity (Wildman–Crippen MR) is 121 cm³/mol. The number of carbonyl (C=O) groups is 1. The highest BCUT2D eigenvalue weighted by molar-refractivity contribution is 7.99. The number of halogens is 1. The molecule has 7 nitrogen and oxygen atoms in total. The average Bonchev–Trinajstić information content (AvgIpc) is 3.15. The standard InChI is InChI=1S/C20H22FN5O2S2/c1-4-11-26-18(28)16-17(23-19(30-16)25(5-2)6-3)24-20(26)29-12-15(27)22-14-10-8-7-9-13(14)21/h4,7-10H,1,5-6,11-12H2,2-3H3,(H,22,27). The van der Waals surface area contributed by atoms with E-state index in [0.29, 0.717) is 15.5 Å². The van der Waals surface area contributed by atoms with E-state index < -0.39 is 11.7 Å². The lowest BCUT2D eigenvalue weighted by Gasteiger charge is -2.15. The number of allylic oxidation sites excluding steroid dienone is 1. The van der Waals surface area contributed by atoms with Gasteiger partial charge in [0.25, 0.3) is 5.56 Å². The Morgan fingerprint density at radius 1 is 1.33 bits per heavy atom. The summed E-state index contributed by atoms with van der Waals surface area (Å²) in [5, 5.41) is 3.64. The maximum absolute atomic E-state index is 13.7. The fourth-order valence-electron chi connectivity index (χ4n) is 2.79. The van der Waals surface area contributed by atoms with Gasteiger partial charge in [-0.2, -0.15) is 4.98 Å². The van der Waals surface area contributed by atoms with E-state index in [9.17, 15) is 14.0 Å². The molecule has 1 amide bonds. The Balaban J connectivity index is 1.87. The number of aromatic nitrogens is 3.